The molecule has 4 heteroatoms. The van der Waals surface area contributed by atoms with Crippen LogP contribution in [0.5, 0.6) is 0 Å². The smallest absolute Gasteiger partial charge is 0.0487 e. The Labute approximate surface area is 131 Å². The van der Waals surface area contributed by atoms with Gasteiger partial charge < -0.3 is 0 Å². The van der Waals surface area contributed by atoms with Crippen LogP contribution in [0.15, 0.2) is 43.7 Å². The predicted octanol–water partition coefficient (Wildman–Crippen LogP) is 6.60. The van der Waals surface area contributed by atoms with Crippen molar-refractivity contribution in [2.75, 3.05) is 0 Å². The molecule has 88 valence electrons. The summed E-state index contributed by atoms with van der Waals surface area (Å²) >= 11 is 16.9. The molecule has 0 atom stereocenters. The predicted molar refractivity (Wildman–Crippen MR) is 84.7 cm³/mol. The third-order valence-electron chi connectivity index (χ3n) is 2.48. The van der Waals surface area contributed by atoms with Gasteiger partial charge in [-0.25, -0.2) is 0 Å². The Morgan fingerprint density at radius 1 is 0.941 bits per heavy atom. The fraction of sp³-hybridized carbons (Fsp3) is 0.0769. The summed E-state index contributed by atoms with van der Waals surface area (Å²) in [4.78, 5) is 0. The monoisotopic (exact) mass is 436 g/mol. The van der Waals surface area contributed by atoms with E-state index >= 15 is 0 Å². The quantitative estimate of drug-likeness (QED) is 0.470. The van der Waals surface area contributed by atoms with E-state index in [9.17, 15) is 0 Å². The van der Waals surface area contributed by atoms with Gasteiger partial charge in [0.15, 0.2) is 0 Å². The Balaban J connectivity index is 2.77. The molecule has 0 aliphatic heterocycles. The third-order valence-corrected chi connectivity index (χ3v) is 4.50. The zero-order valence-electron chi connectivity index (χ0n) is 8.90. The molecule has 0 heterocycles. The Morgan fingerprint density at radius 2 is 1.53 bits per heavy atom. The van der Waals surface area contributed by atoms with Crippen molar-refractivity contribution in [1.29, 1.82) is 0 Å². The first-order chi connectivity index (χ1) is 8.00. The lowest BCUT2D eigenvalue weighted by Crippen LogP contribution is -1.88. The van der Waals surface area contributed by atoms with Gasteiger partial charge in [0.25, 0.3) is 0 Å². The largest absolute Gasteiger partial charge is 0.0837 e. The minimum Gasteiger partial charge on any atom is -0.0837 e. The van der Waals surface area contributed by atoms with E-state index in [-0.39, 0.29) is 0 Å². The van der Waals surface area contributed by atoms with E-state index < -0.39 is 0 Å². The van der Waals surface area contributed by atoms with Crippen LogP contribution in [0.1, 0.15) is 5.56 Å². The van der Waals surface area contributed by atoms with Gasteiger partial charge in [-0.05, 0) is 30.7 Å². The molecule has 0 N–H and O–H groups in total. The Kier molecular flexibility index (Phi) is 4.35. The first-order valence-electron chi connectivity index (χ1n) is 4.90. The van der Waals surface area contributed by atoms with Crippen molar-refractivity contribution in [3.8, 4) is 11.1 Å². The van der Waals surface area contributed by atoms with Crippen molar-refractivity contribution in [3.63, 3.8) is 0 Å². The highest BCUT2D eigenvalue weighted by Crippen LogP contribution is 2.42. The van der Waals surface area contributed by atoms with E-state index in [1.807, 2.05) is 24.3 Å². The van der Waals surface area contributed by atoms with E-state index in [1.54, 1.807) is 0 Å². The van der Waals surface area contributed by atoms with Gasteiger partial charge in [-0.3, -0.25) is 0 Å². The minimum absolute atomic E-state index is 0.758. The minimum atomic E-state index is 0.758. The molecule has 0 aliphatic rings. The molecule has 0 bridgehead atoms. The standard InChI is InChI=1S/C13H8Br3Cl/c1-7-3-2-4-11(17)12(7)13-9(15)5-8(14)6-10(13)16/h2-6H,1H3. The molecule has 2 rings (SSSR count). The summed E-state index contributed by atoms with van der Waals surface area (Å²) in [7, 11) is 0. The van der Waals surface area contributed by atoms with Crippen molar-refractivity contribution in [3.05, 3.63) is 54.3 Å². The molecule has 0 nitrogen and oxygen atoms in total. The maximum Gasteiger partial charge on any atom is 0.0487 e. The number of benzene rings is 2. The second-order valence-corrected chi connectivity index (χ2v) is 6.71. The summed E-state index contributed by atoms with van der Waals surface area (Å²) in [6.45, 7) is 2.06. The topological polar surface area (TPSA) is 0 Å². The zero-order chi connectivity index (χ0) is 12.6. The van der Waals surface area contributed by atoms with Crippen LogP contribution in [0, 0.1) is 6.92 Å². The average Bonchev–Trinajstić information content (AvgIpc) is 2.21. The molecule has 0 unspecified atom stereocenters. The lowest BCUT2D eigenvalue weighted by molar-refractivity contribution is 1.43. The van der Waals surface area contributed by atoms with Gasteiger partial charge in [0.1, 0.15) is 0 Å². The molecule has 0 amide bonds. The third kappa shape index (κ3) is 2.78. The Morgan fingerprint density at radius 3 is 2.06 bits per heavy atom. The van der Waals surface area contributed by atoms with Crippen LogP contribution in [-0.2, 0) is 0 Å². The SMILES string of the molecule is Cc1cccc(Cl)c1-c1c(Br)cc(Br)cc1Br. The molecule has 2 aromatic rings. The van der Waals surface area contributed by atoms with E-state index in [1.165, 1.54) is 0 Å². The molecule has 0 saturated heterocycles. The molecule has 2 aromatic carbocycles. The van der Waals surface area contributed by atoms with Crippen LogP contribution in [0.2, 0.25) is 5.02 Å². The average molecular weight is 439 g/mol. The maximum absolute atomic E-state index is 6.29. The van der Waals surface area contributed by atoms with Crippen LogP contribution in [0.3, 0.4) is 0 Å². The van der Waals surface area contributed by atoms with E-state index in [4.69, 9.17) is 11.6 Å². The van der Waals surface area contributed by atoms with Gasteiger partial charge in [0.2, 0.25) is 0 Å². The molecule has 0 fully saturated rings. The highest BCUT2D eigenvalue weighted by Gasteiger charge is 2.14. The lowest BCUT2D eigenvalue weighted by atomic mass is 10.0. The van der Waals surface area contributed by atoms with Crippen molar-refractivity contribution in [1.82, 2.24) is 0 Å². The number of rotatable bonds is 1. The highest BCUT2D eigenvalue weighted by molar-refractivity contribution is 9.11. The first kappa shape index (κ1) is 13.6. The lowest BCUT2D eigenvalue weighted by Gasteiger charge is -2.13. The van der Waals surface area contributed by atoms with Crippen molar-refractivity contribution < 1.29 is 0 Å². The van der Waals surface area contributed by atoms with Crippen LogP contribution in [0.25, 0.3) is 11.1 Å². The van der Waals surface area contributed by atoms with Gasteiger partial charge in [0, 0.05) is 29.6 Å². The van der Waals surface area contributed by atoms with E-state index in [0.717, 1.165) is 35.1 Å². The van der Waals surface area contributed by atoms with Crippen LogP contribution >= 0.6 is 59.4 Å². The van der Waals surface area contributed by atoms with Crippen LogP contribution in [-0.4, -0.2) is 0 Å². The Bertz CT molecular complexity index is 536. The summed E-state index contributed by atoms with van der Waals surface area (Å²) in [5, 5.41) is 0.758. The fourth-order valence-corrected chi connectivity index (χ4v) is 4.70. The van der Waals surface area contributed by atoms with Crippen LogP contribution < -0.4 is 0 Å². The number of halogens is 4. The van der Waals surface area contributed by atoms with Gasteiger partial charge in [-0.1, -0.05) is 71.5 Å². The highest BCUT2D eigenvalue weighted by atomic mass is 79.9. The van der Waals surface area contributed by atoms with Gasteiger partial charge in [-0.15, -0.1) is 0 Å². The molecule has 17 heavy (non-hydrogen) atoms. The van der Waals surface area contributed by atoms with E-state index in [2.05, 4.69) is 60.8 Å². The van der Waals surface area contributed by atoms with Gasteiger partial charge in [0.05, 0.1) is 0 Å². The summed E-state index contributed by atoms with van der Waals surface area (Å²) in [5.41, 5.74) is 3.29. The molecular weight excluding hydrogens is 431 g/mol. The molecule has 0 spiro atoms. The summed E-state index contributed by atoms with van der Waals surface area (Å²) < 4.78 is 3.04. The van der Waals surface area contributed by atoms with Crippen molar-refractivity contribution >= 4 is 59.4 Å². The molecule has 0 saturated carbocycles. The second kappa shape index (κ2) is 5.43. The molecule has 0 radical (unpaired) electrons. The summed E-state index contributed by atoms with van der Waals surface area (Å²) in [6.07, 6.45) is 0. The molecule has 0 aromatic heterocycles. The van der Waals surface area contributed by atoms with Crippen LogP contribution in [0.4, 0.5) is 0 Å². The van der Waals surface area contributed by atoms with Crippen molar-refractivity contribution in [2.45, 2.75) is 6.92 Å². The number of aryl methyl sites for hydroxylation is 1. The second-order valence-electron chi connectivity index (χ2n) is 3.68. The summed E-state index contributed by atoms with van der Waals surface area (Å²) in [6, 6.07) is 9.96. The van der Waals surface area contributed by atoms with Crippen molar-refractivity contribution in [2.24, 2.45) is 0 Å². The molecular formula is C13H8Br3Cl. The zero-order valence-corrected chi connectivity index (χ0v) is 14.4. The first-order valence-corrected chi connectivity index (χ1v) is 7.66. The van der Waals surface area contributed by atoms with Gasteiger partial charge >= 0.3 is 0 Å². The maximum atomic E-state index is 6.29. The van der Waals surface area contributed by atoms with Gasteiger partial charge in [-0.2, -0.15) is 0 Å². The summed E-state index contributed by atoms with van der Waals surface area (Å²) in [5.74, 6) is 0. The number of hydrogen-bond donors (Lipinski definition) is 0. The fourth-order valence-electron chi connectivity index (χ4n) is 1.73. The molecule has 0 aliphatic carbocycles. The number of hydrogen-bond acceptors (Lipinski definition) is 0. The van der Waals surface area contributed by atoms with E-state index in [0.29, 0.717) is 0 Å². The normalized spacial score (nSPS) is 10.6. The Hall–Kier alpha value is 0.170.